The van der Waals surface area contributed by atoms with Gasteiger partial charge in [0.1, 0.15) is 18.1 Å². The van der Waals surface area contributed by atoms with Gasteiger partial charge in [-0.3, -0.25) is 0 Å². The van der Waals surface area contributed by atoms with Crippen LogP contribution in [-0.2, 0) is 4.74 Å². The van der Waals surface area contributed by atoms with Crippen molar-refractivity contribution < 1.29 is 24.4 Å². The van der Waals surface area contributed by atoms with E-state index in [0.717, 1.165) is 10.8 Å². The van der Waals surface area contributed by atoms with Gasteiger partial charge in [-0.05, 0) is 19.1 Å². The Hall–Kier alpha value is -1.82. The van der Waals surface area contributed by atoms with E-state index in [0.29, 0.717) is 11.5 Å². The highest BCUT2D eigenvalue weighted by molar-refractivity contribution is 5.93. The number of fused-ring (bicyclic) bond motifs is 1. The summed E-state index contributed by atoms with van der Waals surface area (Å²) >= 11 is 0. The van der Waals surface area contributed by atoms with Crippen molar-refractivity contribution in [2.45, 2.75) is 13.2 Å². The molecule has 0 aliphatic rings. The van der Waals surface area contributed by atoms with E-state index in [-0.39, 0.29) is 26.4 Å². The van der Waals surface area contributed by atoms with E-state index in [2.05, 4.69) is 0 Å². The van der Waals surface area contributed by atoms with E-state index in [4.69, 9.17) is 24.4 Å². The second-order valence-corrected chi connectivity index (χ2v) is 4.46. The summed E-state index contributed by atoms with van der Waals surface area (Å²) in [5.41, 5.74) is 0. The Kier molecular flexibility index (Phi) is 5.80. The Bertz CT molecular complexity index is 570. The minimum absolute atomic E-state index is 0.0292. The van der Waals surface area contributed by atoms with Gasteiger partial charge in [-0.2, -0.15) is 0 Å². The molecule has 0 bridgehead atoms. The highest BCUT2D eigenvalue weighted by Crippen LogP contribution is 2.32. The first kappa shape index (κ1) is 15.6. The Balaban J connectivity index is 2.24. The maximum atomic E-state index is 8.87. The summed E-state index contributed by atoms with van der Waals surface area (Å²) in [6.45, 7) is 2.19. The molecule has 114 valence electrons. The van der Waals surface area contributed by atoms with Crippen LogP contribution in [0.25, 0.3) is 10.8 Å². The number of aliphatic hydroxyl groups is 2. The summed E-state index contributed by atoms with van der Waals surface area (Å²) in [5, 5.41) is 19.4. The Morgan fingerprint density at radius 1 is 0.905 bits per heavy atom. The van der Waals surface area contributed by atoms with Crippen LogP contribution in [0.3, 0.4) is 0 Å². The minimum Gasteiger partial charge on any atom is -0.491 e. The maximum absolute atomic E-state index is 8.87. The molecule has 0 saturated heterocycles. The standard InChI is InChI=1S/C16H20O5/c1-12(19-10-8-17)21-16-7-3-4-13-14(16)5-2-6-15(13)20-11-9-18/h2-7,12,17-18H,8-11H2,1H3. The van der Waals surface area contributed by atoms with E-state index in [1.54, 1.807) is 6.92 Å². The zero-order chi connectivity index (χ0) is 15.1. The van der Waals surface area contributed by atoms with E-state index in [1.165, 1.54) is 0 Å². The molecule has 5 nitrogen and oxygen atoms in total. The second kappa shape index (κ2) is 7.83. The van der Waals surface area contributed by atoms with Crippen LogP contribution in [0.1, 0.15) is 6.92 Å². The van der Waals surface area contributed by atoms with Gasteiger partial charge in [0, 0.05) is 10.8 Å². The molecule has 5 heteroatoms. The van der Waals surface area contributed by atoms with Crippen LogP contribution in [-0.4, -0.2) is 42.9 Å². The molecule has 0 aliphatic carbocycles. The van der Waals surface area contributed by atoms with Crippen LogP contribution >= 0.6 is 0 Å². The summed E-state index contributed by atoms with van der Waals surface area (Å²) < 4.78 is 16.6. The first-order chi connectivity index (χ1) is 10.3. The predicted molar refractivity (Wildman–Crippen MR) is 79.7 cm³/mol. The molecule has 2 aromatic carbocycles. The first-order valence-electron chi connectivity index (χ1n) is 6.90. The smallest absolute Gasteiger partial charge is 0.197 e. The number of ether oxygens (including phenoxy) is 3. The van der Waals surface area contributed by atoms with Crippen LogP contribution in [0, 0.1) is 0 Å². The van der Waals surface area contributed by atoms with Gasteiger partial charge < -0.3 is 24.4 Å². The zero-order valence-corrected chi connectivity index (χ0v) is 12.0. The molecule has 0 amide bonds. The van der Waals surface area contributed by atoms with Crippen molar-refractivity contribution in [3.8, 4) is 11.5 Å². The number of aliphatic hydroxyl groups excluding tert-OH is 2. The first-order valence-corrected chi connectivity index (χ1v) is 6.90. The third-order valence-corrected chi connectivity index (χ3v) is 2.93. The number of hydrogen-bond acceptors (Lipinski definition) is 5. The molecule has 21 heavy (non-hydrogen) atoms. The molecule has 2 rings (SSSR count). The molecule has 0 saturated carbocycles. The zero-order valence-electron chi connectivity index (χ0n) is 12.0. The van der Waals surface area contributed by atoms with Gasteiger partial charge in [-0.15, -0.1) is 0 Å². The highest BCUT2D eigenvalue weighted by Gasteiger charge is 2.10. The van der Waals surface area contributed by atoms with Crippen molar-refractivity contribution in [3.05, 3.63) is 36.4 Å². The van der Waals surface area contributed by atoms with Crippen LogP contribution in [0.2, 0.25) is 0 Å². The van der Waals surface area contributed by atoms with Crippen molar-refractivity contribution in [2.24, 2.45) is 0 Å². The van der Waals surface area contributed by atoms with Crippen molar-refractivity contribution >= 4 is 10.8 Å². The lowest BCUT2D eigenvalue weighted by Gasteiger charge is -2.17. The summed E-state index contributed by atoms with van der Waals surface area (Å²) in [5.74, 6) is 1.39. The van der Waals surface area contributed by atoms with Crippen molar-refractivity contribution in [3.63, 3.8) is 0 Å². The summed E-state index contributed by atoms with van der Waals surface area (Å²) in [6.07, 6.45) is -0.454. The third-order valence-electron chi connectivity index (χ3n) is 2.93. The molecule has 0 fully saturated rings. The summed E-state index contributed by atoms with van der Waals surface area (Å²) in [6, 6.07) is 11.3. The van der Waals surface area contributed by atoms with E-state index < -0.39 is 6.29 Å². The Morgan fingerprint density at radius 2 is 1.52 bits per heavy atom. The van der Waals surface area contributed by atoms with Gasteiger partial charge in [0.2, 0.25) is 0 Å². The predicted octanol–water partition coefficient (Wildman–Crippen LogP) is 1.94. The molecule has 0 spiro atoms. The fraction of sp³-hybridized carbons (Fsp3) is 0.375. The molecule has 0 aromatic heterocycles. The molecular weight excluding hydrogens is 272 g/mol. The van der Waals surface area contributed by atoms with Gasteiger partial charge in [-0.25, -0.2) is 0 Å². The van der Waals surface area contributed by atoms with Gasteiger partial charge in [0.25, 0.3) is 0 Å². The minimum atomic E-state index is -0.454. The molecule has 1 atom stereocenters. The van der Waals surface area contributed by atoms with Gasteiger partial charge in [0.05, 0.1) is 19.8 Å². The molecule has 0 heterocycles. The third kappa shape index (κ3) is 4.07. The molecule has 2 aromatic rings. The number of benzene rings is 2. The number of rotatable bonds is 8. The molecular formula is C16H20O5. The number of hydrogen-bond donors (Lipinski definition) is 2. The van der Waals surface area contributed by atoms with Crippen molar-refractivity contribution in [1.82, 2.24) is 0 Å². The quantitative estimate of drug-likeness (QED) is 0.728. The average Bonchev–Trinajstić information content (AvgIpc) is 2.51. The normalized spacial score (nSPS) is 12.3. The SMILES string of the molecule is CC(OCCO)Oc1cccc2c(OCCO)cccc12. The fourth-order valence-electron chi connectivity index (χ4n) is 2.07. The van der Waals surface area contributed by atoms with Crippen molar-refractivity contribution in [1.29, 1.82) is 0 Å². The maximum Gasteiger partial charge on any atom is 0.197 e. The van der Waals surface area contributed by atoms with Gasteiger partial charge in [0.15, 0.2) is 6.29 Å². The van der Waals surface area contributed by atoms with E-state index in [1.807, 2.05) is 36.4 Å². The van der Waals surface area contributed by atoms with E-state index in [9.17, 15) is 0 Å². The molecule has 0 radical (unpaired) electrons. The monoisotopic (exact) mass is 292 g/mol. The fourth-order valence-corrected chi connectivity index (χ4v) is 2.07. The molecule has 0 aliphatic heterocycles. The van der Waals surface area contributed by atoms with Crippen LogP contribution in [0.5, 0.6) is 11.5 Å². The second-order valence-electron chi connectivity index (χ2n) is 4.46. The van der Waals surface area contributed by atoms with Crippen LogP contribution < -0.4 is 9.47 Å². The average molecular weight is 292 g/mol. The highest BCUT2D eigenvalue weighted by atomic mass is 16.7. The van der Waals surface area contributed by atoms with Crippen LogP contribution in [0.4, 0.5) is 0 Å². The molecule has 1 unspecified atom stereocenters. The van der Waals surface area contributed by atoms with E-state index >= 15 is 0 Å². The molecule has 2 N–H and O–H groups in total. The Morgan fingerprint density at radius 3 is 2.19 bits per heavy atom. The van der Waals surface area contributed by atoms with Crippen molar-refractivity contribution in [2.75, 3.05) is 26.4 Å². The van der Waals surface area contributed by atoms with Gasteiger partial charge in [-0.1, -0.05) is 24.3 Å². The summed E-state index contributed by atoms with van der Waals surface area (Å²) in [7, 11) is 0. The lowest BCUT2D eigenvalue weighted by atomic mass is 10.1. The van der Waals surface area contributed by atoms with Gasteiger partial charge >= 0.3 is 0 Å². The lowest BCUT2D eigenvalue weighted by molar-refractivity contribution is -0.0753. The van der Waals surface area contributed by atoms with Crippen LogP contribution in [0.15, 0.2) is 36.4 Å². The lowest BCUT2D eigenvalue weighted by Crippen LogP contribution is -2.18. The topological polar surface area (TPSA) is 68.2 Å². The largest absolute Gasteiger partial charge is 0.491 e. The summed E-state index contributed by atoms with van der Waals surface area (Å²) in [4.78, 5) is 0. The Labute approximate surface area is 123 Å².